The molecule has 21 heavy (non-hydrogen) atoms. The zero-order chi connectivity index (χ0) is 15.0. The highest BCUT2D eigenvalue weighted by Crippen LogP contribution is 2.37. The standard InChI is InChI=1S/C14H13ClN2O4/c1-2-20-14(19)21-10-7-17(8-3-4-8)13-9(12(10)18)5-6-11(15)16-13/h5-8H,2-4H2,1H3. The summed E-state index contributed by atoms with van der Waals surface area (Å²) in [6, 6.07) is 3.38. The van der Waals surface area contributed by atoms with Crippen LogP contribution in [0.25, 0.3) is 11.0 Å². The van der Waals surface area contributed by atoms with Gasteiger partial charge < -0.3 is 14.0 Å². The first-order valence-corrected chi connectivity index (χ1v) is 7.04. The second-order valence-corrected chi connectivity index (χ2v) is 5.14. The topological polar surface area (TPSA) is 70.4 Å². The molecule has 110 valence electrons. The fraction of sp³-hybridized carbons (Fsp3) is 0.357. The highest BCUT2D eigenvalue weighted by atomic mass is 35.5. The molecule has 1 fully saturated rings. The highest BCUT2D eigenvalue weighted by molar-refractivity contribution is 6.29. The molecular formula is C14H13ClN2O4. The van der Waals surface area contributed by atoms with Gasteiger partial charge in [-0.3, -0.25) is 4.79 Å². The molecule has 2 aromatic heterocycles. The Morgan fingerprint density at radius 2 is 2.24 bits per heavy atom. The second kappa shape index (κ2) is 5.37. The summed E-state index contributed by atoms with van der Waals surface area (Å²) >= 11 is 5.90. The minimum Gasteiger partial charge on any atom is -0.434 e. The average molecular weight is 309 g/mol. The SMILES string of the molecule is CCOC(=O)Oc1cn(C2CC2)c2nc(Cl)ccc2c1=O. The first-order chi connectivity index (χ1) is 10.1. The number of fused-ring (bicyclic) bond motifs is 1. The molecule has 0 unspecified atom stereocenters. The fourth-order valence-corrected chi connectivity index (χ4v) is 2.26. The zero-order valence-electron chi connectivity index (χ0n) is 11.3. The Labute approximate surface area is 125 Å². The largest absolute Gasteiger partial charge is 0.514 e. The van der Waals surface area contributed by atoms with E-state index in [1.807, 2.05) is 4.57 Å². The predicted molar refractivity (Wildman–Crippen MR) is 76.9 cm³/mol. The average Bonchev–Trinajstić information content (AvgIpc) is 3.26. The van der Waals surface area contributed by atoms with Crippen LogP contribution in [0.5, 0.6) is 5.75 Å². The van der Waals surface area contributed by atoms with Crippen LogP contribution in [0, 0.1) is 0 Å². The van der Waals surface area contributed by atoms with Gasteiger partial charge in [0.05, 0.1) is 18.2 Å². The van der Waals surface area contributed by atoms with Gasteiger partial charge in [0, 0.05) is 6.04 Å². The Kier molecular flexibility index (Phi) is 3.55. The summed E-state index contributed by atoms with van der Waals surface area (Å²) in [5.41, 5.74) is 0.102. The molecule has 2 aromatic rings. The third-order valence-corrected chi connectivity index (χ3v) is 3.42. The van der Waals surface area contributed by atoms with Crippen LogP contribution in [0.4, 0.5) is 4.79 Å². The summed E-state index contributed by atoms with van der Waals surface area (Å²) in [6.45, 7) is 1.84. The monoisotopic (exact) mass is 308 g/mol. The van der Waals surface area contributed by atoms with Crippen molar-refractivity contribution in [2.45, 2.75) is 25.8 Å². The lowest BCUT2D eigenvalue weighted by Crippen LogP contribution is -2.18. The molecule has 0 radical (unpaired) electrons. The number of aromatic nitrogens is 2. The van der Waals surface area contributed by atoms with Gasteiger partial charge in [-0.15, -0.1) is 0 Å². The minimum absolute atomic E-state index is 0.0584. The van der Waals surface area contributed by atoms with Crippen LogP contribution in [0.3, 0.4) is 0 Å². The van der Waals surface area contributed by atoms with Crippen LogP contribution >= 0.6 is 11.6 Å². The summed E-state index contributed by atoms with van der Waals surface area (Å²) in [5.74, 6) is -0.0584. The first-order valence-electron chi connectivity index (χ1n) is 6.66. The molecule has 6 nitrogen and oxygen atoms in total. The van der Waals surface area contributed by atoms with Crippen molar-refractivity contribution in [2.24, 2.45) is 0 Å². The van der Waals surface area contributed by atoms with Crippen LogP contribution in [0.1, 0.15) is 25.8 Å². The number of carbonyl (C=O) groups is 1. The smallest absolute Gasteiger partial charge is 0.434 e. The van der Waals surface area contributed by atoms with Gasteiger partial charge in [-0.05, 0) is 31.9 Å². The number of halogens is 1. The third-order valence-electron chi connectivity index (χ3n) is 3.21. The highest BCUT2D eigenvalue weighted by Gasteiger charge is 2.27. The maximum Gasteiger partial charge on any atom is 0.514 e. The maximum absolute atomic E-state index is 12.3. The van der Waals surface area contributed by atoms with Crippen molar-refractivity contribution in [3.63, 3.8) is 0 Å². The zero-order valence-corrected chi connectivity index (χ0v) is 12.1. The van der Waals surface area contributed by atoms with E-state index in [-0.39, 0.29) is 18.4 Å². The van der Waals surface area contributed by atoms with Crippen molar-refractivity contribution in [3.8, 4) is 5.75 Å². The molecule has 0 bridgehead atoms. The lowest BCUT2D eigenvalue weighted by atomic mass is 10.2. The molecule has 0 spiro atoms. The van der Waals surface area contributed by atoms with Gasteiger partial charge in [-0.2, -0.15) is 0 Å². The molecule has 1 aliphatic carbocycles. The van der Waals surface area contributed by atoms with E-state index in [2.05, 4.69) is 4.98 Å². The van der Waals surface area contributed by atoms with E-state index >= 15 is 0 Å². The van der Waals surface area contributed by atoms with Gasteiger partial charge in [0.25, 0.3) is 0 Å². The molecule has 0 atom stereocenters. The molecule has 3 rings (SSSR count). The van der Waals surface area contributed by atoms with Crippen LogP contribution < -0.4 is 10.2 Å². The van der Waals surface area contributed by atoms with Crippen LogP contribution in [0.2, 0.25) is 5.15 Å². The van der Waals surface area contributed by atoms with Crippen LogP contribution in [0.15, 0.2) is 23.1 Å². The number of hydrogen-bond donors (Lipinski definition) is 0. The molecule has 1 saturated carbocycles. The molecular weight excluding hydrogens is 296 g/mol. The van der Waals surface area contributed by atoms with Gasteiger partial charge in [0.1, 0.15) is 10.8 Å². The number of carbonyl (C=O) groups excluding carboxylic acids is 1. The van der Waals surface area contributed by atoms with Gasteiger partial charge in [0.2, 0.25) is 5.43 Å². The molecule has 0 saturated heterocycles. The maximum atomic E-state index is 12.3. The Balaban J connectivity index is 2.13. The van der Waals surface area contributed by atoms with Crippen molar-refractivity contribution < 1.29 is 14.3 Å². The summed E-state index contributed by atoms with van der Waals surface area (Å²) in [5, 5.41) is 0.684. The van der Waals surface area contributed by atoms with Gasteiger partial charge in [-0.25, -0.2) is 9.78 Å². The van der Waals surface area contributed by atoms with Gasteiger partial charge in [-0.1, -0.05) is 11.6 Å². The first kappa shape index (κ1) is 13.9. The van der Waals surface area contributed by atoms with E-state index in [9.17, 15) is 9.59 Å². The summed E-state index contributed by atoms with van der Waals surface area (Å²) in [4.78, 5) is 28.0. The molecule has 7 heteroatoms. The third kappa shape index (κ3) is 2.71. The van der Waals surface area contributed by atoms with Crippen molar-refractivity contribution in [3.05, 3.63) is 33.7 Å². The van der Waals surface area contributed by atoms with Gasteiger partial charge in [0.15, 0.2) is 5.75 Å². The number of ether oxygens (including phenoxy) is 2. The summed E-state index contributed by atoms with van der Waals surface area (Å²) in [6.07, 6.45) is 2.59. The van der Waals surface area contributed by atoms with Crippen molar-refractivity contribution in [2.75, 3.05) is 6.61 Å². The van der Waals surface area contributed by atoms with E-state index in [1.165, 1.54) is 12.3 Å². The molecule has 0 aliphatic heterocycles. The Morgan fingerprint density at radius 1 is 1.48 bits per heavy atom. The van der Waals surface area contributed by atoms with E-state index in [0.717, 1.165) is 12.8 Å². The molecule has 0 N–H and O–H groups in total. The fourth-order valence-electron chi connectivity index (χ4n) is 2.12. The van der Waals surface area contributed by atoms with Crippen LogP contribution in [-0.2, 0) is 4.74 Å². The Morgan fingerprint density at radius 3 is 2.90 bits per heavy atom. The van der Waals surface area contributed by atoms with Gasteiger partial charge >= 0.3 is 6.16 Å². The van der Waals surface area contributed by atoms with Crippen molar-refractivity contribution >= 4 is 28.8 Å². The lowest BCUT2D eigenvalue weighted by Gasteiger charge is -2.11. The van der Waals surface area contributed by atoms with Crippen molar-refractivity contribution in [1.82, 2.24) is 9.55 Å². The summed E-state index contributed by atoms with van der Waals surface area (Å²) < 4.78 is 11.5. The predicted octanol–water partition coefficient (Wildman–Crippen LogP) is 2.92. The van der Waals surface area contributed by atoms with E-state index < -0.39 is 11.6 Å². The molecule has 0 amide bonds. The number of rotatable bonds is 3. The van der Waals surface area contributed by atoms with E-state index in [1.54, 1.807) is 13.0 Å². The summed E-state index contributed by atoms with van der Waals surface area (Å²) in [7, 11) is 0. The Hall–Kier alpha value is -2.08. The number of nitrogens with zero attached hydrogens (tertiary/aromatic N) is 2. The Bertz CT molecular complexity index is 767. The number of hydrogen-bond acceptors (Lipinski definition) is 5. The van der Waals surface area contributed by atoms with E-state index in [0.29, 0.717) is 16.2 Å². The lowest BCUT2D eigenvalue weighted by molar-refractivity contribution is 0.104. The molecule has 0 aromatic carbocycles. The molecule has 1 aliphatic rings. The van der Waals surface area contributed by atoms with Crippen LogP contribution in [-0.4, -0.2) is 22.3 Å². The molecule has 2 heterocycles. The van der Waals surface area contributed by atoms with E-state index in [4.69, 9.17) is 21.1 Å². The normalized spacial score (nSPS) is 14.2. The van der Waals surface area contributed by atoms with Crippen molar-refractivity contribution in [1.29, 1.82) is 0 Å². The quantitative estimate of drug-likeness (QED) is 0.644. The minimum atomic E-state index is -0.891. The second-order valence-electron chi connectivity index (χ2n) is 4.75. The number of pyridine rings is 2.